The number of halogens is 2. The first-order valence-corrected chi connectivity index (χ1v) is 8.84. The van der Waals surface area contributed by atoms with E-state index < -0.39 is 0 Å². The van der Waals surface area contributed by atoms with Crippen molar-refractivity contribution in [3.05, 3.63) is 56.9 Å². The molecule has 3 rings (SSSR count). The fourth-order valence-electron chi connectivity index (χ4n) is 2.26. The Morgan fingerprint density at radius 1 is 1.12 bits per heavy atom. The molecule has 122 valence electrons. The van der Waals surface area contributed by atoms with Crippen LogP contribution >= 0.6 is 47.2 Å². The molecule has 0 spiro atoms. The van der Waals surface area contributed by atoms with Crippen molar-refractivity contribution in [1.29, 1.82) is 0 Å². The number of ether oxygens (including phenoxy) is 1. The first-order valence-electron chi connectivity index (χ1n) is 6.86. The van der Waals surface area contributed by atoms with Gasteiger partial charge in [0.2, 0.25) is 0 Å². The van der Waals surface area contributed by atoms with Crippen LogP contribution in [0.3, 0.4) is 0 Å². The van der Waals surface area contributed by atoms with Crippen LogP contribution in [-0.2, 0) is 4.79 Å². The lowest BCUT2D eigenvalue weighted by Gasteiger charge is -2.09. The number of carbonyl (C=O) groups excluding carboxylic acids is 1. The Morgan fingerprint density at radius 2 is 1.83 bits per heavy atom. The highest BCUT2D eigenvalue weighted by molar-refractivity contribution is 8.26. The molecule has 0 atom stereocenters. The minimum absolute atomic E-state index is 0.202. The van der Waals surface area contributed by atoms with E-state index >= 15 is 0 Å². The van der Waals surface area contributed by atoms with Gasteiger partial charge in [0, 0.05) is 5.56 Å². The first kappa shape index (κ1) is 17.3. The Labute approximate surface area is 159 Å². The molecule has 1 aliphatic heterocycles. The van der Waals surface area contributed by atoms with Crippen LogP contribution in [0, 0.1) is 0 Å². The van der Waals surface area contributed by atoms with Crippen LogP contribution in [0.5, 0.6) is 5.75 Å². The third-order valence-electron chi connectivity index (χ3n) is 3.41. The van der Waals surface area contributed by atoms with Gasteiger partial charge in [0.25, 0.3) is 5.91 Å². The van der Waals surface area contributed by atoms with E-state index in [2.05, 4.69) is 5.32 Å². The van der Waals surface area contributed by atoms with Crippen LogP contribution in [0.2, 0.25) is 10.0 Å². The average molecular weight is 396 g/mol. The van der Waals surface area contributed by atoms with Crippen molar-refractivity contribution in [3.63, 3.8) is 0 Å². The van der Waals surface area contributed by atoms with E-state index in [4.69, 9.17) is 40.2 Å². The third kappa shape index (κ3) is 3.59. The van der Waals surface area contributed by atoms with Crippen LogP contribution in [0.25, 0.3) is 17.2 Å². The molecule has 3 nitrogen and oxygen atoms in total. The Kier molecular flexibility index (Phi) is 5.15. The molecule has 1 N–H and O–H groups in total. The summed E-state index contributed by atoms with van der Waals surface area (Å²) in [6.07, 6.45) is 1.76. The molecule has 0 unspecified atom stereocenters. The molecule has 1 amide bonds. The van der Waals surface area contributed by atoms with Crippen LogP contribution in [0.15, 0.2) is 41.3 Å². The van der Waals surface area contributed by atoms with E-state index in [1.807, 2.05) is 24.3 Å². The Hall–Kier alpha value is -1.53. The number of amides is 1. The number of benzene rings is 2. The zero-order valence-electron chi connectivity index (χ0n) is 12.4. The zero-order valence-corrected chi connectivity index (χ0v) is 15.6. The maximum absolute atomic E-state index is 11.9. The fourth-order valence-corrected chi connectivity index (χ4v) is 3.60. The summed E-state index contributed by atoms with van der Waals surface area (Å²) in [5.74, 6) is 0.463. The summed E-state index contributed by atoms with van der Waals surface area (Å²) in [6.45, 7) is 0. The fraction of sp³-hybridized carbons (Fsp3) is 0.0588. The van der Waals surface area contributed by atoms with Gasteiger partial charge in [-0.05, 0) is 41.5 Å². The SMILES string of the molecule is COc1ccc(-c2ccc(Cl)c(Cl)c2)cc1C=C1SC(=S)NC1=O. The van der Waals surface area contributed by atoms with Crippen molar-refractivity contribution >= 4 is 63.5 Å². The molecule has 2 aromatic rings. The van der Waals surface area contributed by atoms with Crippen LogP contribution in [0.4, 0.5) is 0 Å². The van der Waals surface area contributed by atoms with Crippen LogP contribution in [-0.4, -0.2) is 17.3 Å². The third-order valence-corrected chi connectivity index (χ3v) is 5.31. The molecule has 0 radical (unpaired) electrons. The second kappa shape index (κ2) is 7.15. The number of nitrogens with one attached hydrogen (secondary N) is 1. The monoisotopic (exact) mass is 395 g/mol. The van der Waals surface area contributed by atoms with Crippen LogP contribution < -0.4 is 10.1 Å². The van der Waals surface area contributed by atoms with Gasteiger partial charge in [-0.1, -0.05) is 59.3 Å². The Bertz CT molecular complexity index is 881. The van der Waals surface area contributed by atoms with Crippen LogP contribution in [0.1, 0.15) is 5.56 Å². The summed E-state index contributed by atoms with van der Waals surface area (Å²) in [5.41, 5.74) is 2.64. The molecule has 7 heteroatoms. The number of hydrogen-bond donors (Lipinski definition) is 1. The highest BCUT2D eigenvalue weighted by Crippen LogP contribution is 2.34. The number of rotatable bonds is 3. The molecule has 24 heavy (non-hydrogen) atoms. The molecule has 0 bridgehead atoms. The van der Waals surface area contributed by atoms with Gasteiger partial charge in [0.1, 0.15) is 10.1 Å². The quantitative estimate of drug-likeness (QED) is 0.575. The molecule has 0 saturated carbocycles. The van der Waals surface area contributed by atoms with E-state index in [1.54, 1.807) is 25.3 Å². The summed E-state index contributed by atoms with van der Waals surface area (Å²) >= 11 is 18.3. The van der Waals surface area contributed by atoms with Gasteiger partial charge >= 0.3 is 0 Å². The zero-order chi connectivity index (χ0) is 17.3. The maximum atomic E-state index is 11.9. The molecular weight excluding hydrogens is 385 g/mol. The van der Waals surface area contributed by atoms with Gasteiger partial charge in [-0.3, -0.25) is 4.79 Å². The van der Waals surface area contributed by atoms with E-state index in [0.29, 0.717) is 25.0 Å². The minimum atomic E-state index is -0.202. The normalized spacial score (nSPS) is 15.7. The maximum Gasteiger partial charge on any atom is 0.263 e. The summed E-state index contributed by atoms with van der Waals surface area (Å²) in [5, 5.41) is 3.59. The highest BCUT2D eigenvalue weighted by atomic mass is 35.5. The summed E-state index contributed by atoms with van der Waals surface area (Å²) in [6, 6.07) is 11.1. The van der Waals surface area contributed by atoms with E-state index in [9.17, 15) is 4.79 Å². The second-order valence-electron chi connectivity index (χ2n) is 4.94. The number of carbonyl (C=O) groups is 1. The first-order chi connectivity index (χ1) is 11.5. The molecule has 2 aromatic carbocycles. The second-order valence-corrected chi connectivity index (χ2v) is 7.47. The lowest BCUT2D eigenvalue weighted by Crippen LogP contribution is -2.17. The lowest BCUT2D eigenvalue weighted by molar-refractivity contribution is -0.115. The molecule has 1 saturated heterocycles. The standard InChI is InChI=1S/C17H11Cl2NO2S2/c1-22-14-5-3-9(10-2-4-12(18)13(19)7-10)6-11(14)8-15-16(21)20-17(23)24-15/h2-8H,1H3,(H,20,21,23). The van der Waals surface area contributed by atoms with Gasteiger partial charge in [0.05, 0.1) is 22.1 Å². The number of thioether (sulfide) groups is 1. The molecular formula is C17H11Cl2NO2S2. The number of methoxy groups -OCH3 is 1. The molecule has 0 aromatic heterocycles. The predicted molar refractivity (Wildman–Crippen MR) is 105 cm³/mol. The minimum Gasteiger partial charge on any atom is -0.496 e. The van der Waals surface area contributed by atoms with E-state index in [0.717, 1.165) is 16.7 Å². The topological polar surface area (TPSA) is 38.3 Å². The predicted octanol–water partition coefficient (Wildman–Crippen LogP) is 5.16. The average Bonchev–Trinajstić information content (AvgIpc) is 2.87. The highest BCUT2D eigenvalue weighted by Gasteiger charge is 2.22. The molecule has 1 aliphatic rings. The number of hydrogen-bond acceptors (Lipinski definition) is 4. The van der Waals surface area contributed by atoms with E-state index in [1.165, 1.54) is 11.8 Å². The van der Waals surface area contributed by atoms with Crippen molar-refractivity contribution in [2.24, 2.45) is 0 Å². The smallest absolute Gasteiger partial charge is 0.263 e. The molecule has 1 heterocycles. The van der Waals surface area contributed by atoms with Gasteiger partial charge in [-0.25, -0.2) is 0 Å². The van der Waals surface area contributed by atoms with Gasteiger partial charge in [-0.2, -0.15) is 0 Å². The van der Waals surface area contributed by atoms with Crippen molar-refractivity contribution in [1.82, 2.24) is 5.32 Å². The Balaban J connectivity index is 2.05. The summed E-state index contributed by atoms with van der Waals surface area (Å²) in [7, 11) is 1.59. The van der Waals surface area contributed by atoms with Crippen molar-refractivity contribution in [3.8, 4) is 16.9 Å². The van der Waals surface area contributed by atoms with Gasteiger partial charge in [-0.15, -0.1) is 0 Å². The number of thiocarbonyl (C=S) groups is 1. The summed E-state index contributed by atoms with van der Waals surface area (Å²) in [4.78, 5) is 12.4. The van der Waals surface area contributed by atoms with Crippen molar-refractivity contribution in [2.45, 2.75) is 0 Å². The Morgan fingerprint density at radius 3 is 2.46 bits per heavy atom. The molecule has 0 aliphatic carbocycles. The van der Waals surface area contributed by atoms with Crippen molar-refractivity contribution < 1.29 is 9.53 Å². The lowest BCUT2D eigenvalue weighted by atomic mass is 10.0. The molecule has 1 fully saturated rings. The van der Waals surface area contributed by atoms with Gasteiger partial charge in [0.15, 0.2) is 0 Å². The summed E-state index contributed by atoms with van der Waals surface area (Å²) < 4.78 is 5.84. The van der Waals surface area contributed by atoms with Gasteiger partial charge < -0.3 is 10.1 Å². The largest absolute Gasteiger partial charge is 0.496 e. The van der Waals surface area contributed by atoms with E-state index in [-0.39, 0.29) is 5.91 Å². The van der Waals surface area contributed by atoms with Crippen molar-refractivity contribution in [2.75, 3.05) is 7.11 Å².